The van der Waals surface area contributed by atoms with Crippen molar-refractivity contribution in [3.8, 4) is 0 Å². The zero-order valence-electron chi connectivity index (χ0n) is 8.94. The highest BCUT2D eigenvalue weighted by Crippen LogP contribution is 2.20. The molecule has 0 saturated carbocycles. The van der Waals surface area contributed by atoms with Gasteiger partial charge in [0.05, 0.1) is 17.0 Å². The Bertz CT molecular complexity index is 646. The Morgan fingerprint density at radius 3 is 2.75 bits per heavy atom. The number of fused-ring (bicyclic) bond motifs is 1. The molecule has 0 spiro atoms. The number of hydrogen-bond donors (Lipinski definition) is 0. The summed E-state index contributed by atoms with van der Waals surface area (Å²) in [7, 11) is 3.56. The average Bonchev–Trinajstić information content (AvgIpc) is 2.40. The number of aryl methyl sites for hydroxylation is 2. The molecule has 0 bridgehead atoms. The van der Waals surface area contributed by atoms with Crippen LogP contribution >= 0.6 is 10.7 Å². The summed E-state index contributed by atoms with van der Waals surface area (Å²) in [6.07, 6.45) is 0. The molecule has 2 aromatic rings. The predicted octanol–water partition coefficient (Wildman–Crippen LogP) is 1.95. The minimum absolute atomic E-state index is 0.154. The van der Waals surface area contributed by atoms with Crippen molar-refractivity contribution >= 4 is 30.6 Å². The van der Waals surface area contributed by atoms with E-state index < -0.39 is 9.05 Å². The third kappa shape index (κ3) is 2.20. The summed E-state index contributed by atoms with van der Waals surface area (Å²) >= 11 is 0. The van der Waals surface area contributed by atoms with Crippen molar-refractivity contribution < 1.29 is 8.42 Å². The van der Waals surface area contributed by atoms with Gasteiger partial charge < -0.3 is 0 Å². The van der Waals surface area contributed by atoms with Gasteiger partial charge in [0.15, 0.2) is 0 Å². The highest BCUT2D eigenvalue weighted by atomic mass is 35.7. The second kappa shape index (κ2) is 3.75. The maximum absolute atomic E-state index is 11.0. The van der Waals surface area contributed by atoms with Crippen LogP contribution < -0.4 is 0 Å². The summed E-state index contributed by atoms with van der Waals surface area (Å²) in [5.74, 6) is -0.154. The van der Waals surface area contributed by atoms with E-state index in [-0.39, 0.29) is 5.75 Å². The Kier molecular flexibility index (Phi) is 2.67. The van der Waals surface area contributed by atoms with Crippen LogP contribution in [0.25, 0.3) is 10.9 Å². The molecule has 4 nitrogen and oxygen atoms in total. The summed E-state index contributed by atoms with van der Waals surface area (Å²) in [5, 5.41) is 5.22. The number of rotatable bonds is 2. The van der Waals surface area contributed by atoms with Crippen molar-refractivity contribution in [2.24, 2.45) is 7.05 Å². The number of benzene rings is 1. The predicted molar refractivity (Wildman–Crippen MR) is 63.9 cm³/mol. The van der Waals surface area contributed by atoms with E-state index in [1.165, 1.54) is 0 Å². The fraction of sp³-hybridized carbons (Fsp3) is 0.300. The molecule has 0 aliphatic heterocycles. The van der Waals surface area contributed by atoms with E-state index >= 15 is 0 Å². The van der Waals surface area contributed by atoms with Gasteiger partial charge in [-0.15, -0.1) is 0 Å². The Morgan fingerprint density at radius 2 is 2.12 bits per heavy atom. The molecule has 0 aliphatic rings. The molecule has 86 valence electrons. The molecule has 0 aliphatic carbocycles. The van der Waals surface area contributed by atoms with Crippen molar-refractivity contribution in [2.45, 2.75) is 12.7 Å². The third-order valence-electron chi connectivity index (χ3n) is 2.44. The molecule has 0 unspecified atom stereocenters. The molecule has 1 heterocycles. The summed E-state index contributed by atoms with van der Waals surface area (Å²) < 4.78 is 23.7. The maximum Gasteiger partial charge on any atom is 0.236 e. The van der Waals surface area contributed by atoms with Crippen LogP contribution in [0.5, 0.6) is 0 Å². The van der Waals surface area contributed by atoms with Crippen LogP contribution in [0.1, 0.15) is 11.3 Å². The monoisotopic (exact) mass is 258 g/mol. The van der Waals surface area contributed by atoms with Gasteiger partial charge in [-0.2, -0.15) is 5.10 Å². The van der Waals surface area contributed by atoms with Gasteiger partial charge >= 0.3 is 0 Å². The van der Waals surface area contributed by atoms with Crippen LogP contribution in [-0.2, 0) is 21.9 Å². The second-order valence-corrected chi connectivity index (χ2v) is 6.52. The first-order chi connectivity index (χ1) is 7.37. The van der Waals surface area contributed by atoms with E-state index in [9.17, 15) is 8.42 Å². The number of aromatic nitrogens is 2. The molecule has 1 aromatic heterocycles. The minimum Gasteiger partial charge on any atom is -0.268 e. The molecule has 2 rings (SSSR count). The third-order valence-corrected chi connectivity index (χ3v) is 3.44. The Labute approximate surface area is 98.2 Å². The fourth-order valence-electron chi connectivity index (χ4n) is 1.78. The zero-order chi connectivity index (χ0) is 11.9. The summed E-state index contributed by atoms with van der Waals surface area (Å²) in [6, 6.07) is 5.42. The molecular weight excluding hydrogens is 248 g/mol. The van der Waals surface area contributed by atoms with Crippen LogP contribution in [0.15, 0.2) is 18.2 Å². The van der Waals surface area contributed by atoms with Gasteiger partial charge in [0.1, 0.15) is 0 Å². The normalized spacial score (nSPS) is 12.2. The molecule has 0 radical (unpaired) electrons. The van der Waals surface area contributed by atoms with Gasteiger partial charge in [0, 0.05) is 23.1 Å². The van der Waals surface area contributed by atoms with Crippen LogP contribution in [-0.4, -0.2) is 18.2 Å². The van der Waals surface area contributed by atoms with Crippen molar-refractivity contribution in [1.29, 1.82) is 0 Å². The van der Waals surface area contributed by atoms with Crippen LogP contribution in [0.4, 0.5) is 0 Å². The molecule has 0 fully saturated rings. The van der Waals surface area contributed by atoms with Crippen LogP contribution in [0.3, 0.4) is 0 Å². The lowest BCUT2D eigenvalue weighted by Gasteiger charge is -1.99. The topological polar surface area (TPSA) is 52.0 Å². The number of nitrogens with zero attached hydrogens (tertiary/aromatic N) is 2. The van der Waals surface area contributed by atoms with E-state index in [0.717, 1.165) is 16.6 Å². The zero-order valence-corrected chi connectivity index (χ0v) is 10.5. The molecule has 0 atom stereocenters. The van der Waals surface area contributed by atoms with Gasteiger partial charge in [-0.05, 0) is 24.6 Å². The van der Waals surface area contributed by atoms with E-state index in [1.54, 1.807) is 10.7 Å². The van der Waals surface area contributed by atoms with Gasteiger partial charge in [0.2, 0.25) is 9.05 Å². The van der Waals surface area contributed by atoms with E-state index in [0.29, 0.717) is 5.56 Å². The summed E-state index contributed by atoms with van der Waals surface area (Å²) in [6.45, 7) is 1.89. The lowest BCUT2D eigenvalue weighted by Crippen LogP contribution is -1.95. The van der Waals surface area contributed by atoms with Crippen LogP contribution in [0, 0.1) is 6.92 Å². The van der Waals surface area contributed by atoms with Gasteiger partial charge in [-0.1, -0.05) is 6.07 Å². The molecule has 6 heteroatoms. The largest absolute Gasteiger partial charge is 0.268 e. The van der Waals surface area contributed by atoms with Crippen LogP contribution in [0.2, 0.25) is 0 Å². The highest BCUT2D eigenvalue weighted by Gasteiger charge is 2.10. The summed E-state index contributed by atoms with van der Waals surface area (Å²) in [4.78, 5) is 0. The quantitative estimate of drug-likeness (QED) is 0.774. The van der Waals surface area contributed by atoms with Gasteiger partial charge in [-0.25, -0.2) is 8.42 Å². The lowest BCUT2D eigenvalue weighted by atomic mass is 10.1. The number of halogens is 1. The average molecular weight is 259 g/mol. The Morgan fingerprint density at radius 1 is 1.44 bits per heavy atom. The smallest absolute Gasteiger partial charge is 0.236 e. The van der Waals surface area contributed by atoms with E-state index in [1.807, 2.05) is 26.1 Å². The molecule has 0 N–H and O–H groups in total. The molecule has 0 amide bonds. The van der Waals surface area contributed by atoms with Crippen molar-refractivity contribution in [1.82, 2.24) is 9.78 Å². The van der Waals surface area contributed by atoms with Crippen molar-refractivity contribution in [2.75, 3.05) is 0 Å². The van der Waals surface area contributed by atoms with E-state index in [4.69, 9.17) is 10.7 Å². The highest BCUT2D eigenvalue weighted by molar-refractivity contribution is 8.13. The Hall–Kier alpha value is -1.07. The molecule has 16 heavy (non-hydrogen) atoms. The first-order valence-electron chi connectivity index (χ1n) is 4.71. The van der Waals surface area contributed by atoms with Crippen molar-refractivity contribution in [3.63, 3.8) is 0 Å². The SMILES string of the molecule is Cc1nn(C)c2ccc(CS(=O)(=O)Cl)cc12. The molecular formula is C10H11ClN2O2S. The first-order valence-corrected chi connectivity index (χ1v) is 7.19. The lowest BCUT2D eigenvalue weighted by molar-refractivity contribution is 0.609. The second-order valence-electron chi connectivity index (χ2n) is 3.74. The Balaban J connectivity index is 2.56. The van der Waals surface area contributed by atoms with Gasteiger partial charge in [0.25, 0.3) is 0 Å². The molecule has 0 saturated heterocycles. The van der Waals surface area contributed by atoms with Gasteiger partial charge in [-0.3, -0.25) is 4.68 Å². The van der Waals surface area contributed by atoms with Crippen molar-refractivity contribution in [3.05, 3.63) is 29.5 Å². The summed E-state index contributed by atoms with van der Waals surface area (Å²) in [5.41, 5.74) is 2.54. The first kappa shape index (κ1) is 11.4. The fourth-order valence-corrected chi connectivity index (χ4v) is 2.73. The molecule has 1 aromatic carbocycles. The van der Waals surface area contributed by atoms with E-state index in [2.05, 4.69) is 5.10 Å². The number of hydrogen-bond acceptors (Lipinski definition) is 3. The maximum atomic E-state index is 11.0. The minimum atomic E-state index is -3.51. The standard InChI is InChI=1S/C10H11ClN2O2S/c1-7-9-5-8(6-16(11,14)15)3-4-10(9)13(2)12-7/h3-5H,6H2,1-2H3.